The van der Waals surface area contributed by atoms with E-state index >= 15 is 0 Å². The fourth-order valence-corrected chi connectivity index (χ4v) is 2.30. The number of aromatic amines is 1. The van der Waals surface area contributed by atoms with Crippen LogP contribution in [0.1, 0.15) is 11.3 Å². The van der Waals surface area contributed by atoms with Gasteiger partial charge in [-0.3, -0.25) is 14.6 Å². The highest BCUT2D eigenvalue weighted by Crippen LogP contribution is 2.17. The van der Waals surface area contributed by atoms with Crippen molar-refractivity contribution in [3.8, 4) is 5.69 Å². The number of fused-ring (bicyclic) bond motifs is 1. The number of halogens is 1. The van der Waals surface area contributed by atoms with Crippen molar-refractivity contribution in [2.75, 3.05) is 6.54 Å². The van der Waals surface area contributed by atoms with E-state index in [1.165, 1.54) is 0 Å². The van der Waals surface area contributed by atoms with Gasteiger partial charge in [-0.2, -0.15) is 0 Å². The standard InChI is InChI=1S/C12H12ClN3O/c13-8-1-3-9(4-2-8)16-11-7-14-6-5-10(11)12(17)15-16/h1-4,14H,5-7H2,(H,15,17). The maximum absolute atomic E-state index is 11.8. The molecule has 1 aliphatic rings. The van der Waals surface area contributed by atoms with Crippen molar-refractivity contribution in [3.63, 3.8) is 0 Å². The normalized spacial score (nSPS) is 14.6. The lowest BCUT2D eigenvalue weighted by Gasteiger charge is -2.15. The van der Waals surface area contributed by atoms with Gasteiger partial charge < -0.3 is 5.32 Å². The van der Waals surface area contributed by atoms with Crippen LogP contribution in [0.5, 0.6) is 0 Å². The number of nitrogens with zero attached hydrogens (tertiary/aromatic N) is 1. The number of hydrogen-bond donors (Lipinski definition) is 2. The van der Waals surface area contributed by atoms with Crippen LogP contribution < -0.4 is 10.9 Å². The van der Waals surface area contributed by atoms with E-state index in [0.29, 0.717) is 5.02 Å². The third kappa shape index (κ3) is 1.79. The van der Waals surface area contributed by atoms with Gasteiger partial charge >= 0.3 is 0 Å². The molecule has 0 saturated heterocycles. The summed E-state index contributed by atoms with van der Waals surface area (Å²) in [7, 11) is 0. The quantitative estimate of drug-likeness (QED) is 0.804. The second-order valence-electron chi connectivity index (χ2n) is 4.10. The summed E-state index contributed by atoms with van der Waals surface area (Å²) in [6.45, 7) is 1.58. The van der Waals surface area contributed by atoms with Crippen molar-refractivity contribution in [2.24, 2.45) is 0 Å². The van der Waals surface area contributed by atoms with Crippen LogP contribution in [0.25, 0.3) is 5.69 Å². The summed E-state index contributed by atoms with van der Waals surface area (Å²) < 4.78 is 1.83. The highest BCUT2D eigenvalue weighted by molar-refractivity contribution is 6.30. The molecule has 0 spiro atoms. The molecule has 0 saturated carbocycles. The topological polar surface area (TPSA) is 49.8 Å². The third-order valence-electron chi connectivity index (χ3n) is 3.03. The summed E-state index contributed by atoms with van der Waals surface area (Å²) in [6.07, 6.45) is 0.783. The molecule has 1 aliphatic heterocycles. The summed E-state index contributed by atoms with van der Waals surface area (Å²) >= 11 is 5.85. The van der Waals surface area contributed by atoms with Gasteiger partial charge in [0.15, 0.2) is 0 Å². The maximum atomic E-state index is 11.8. The Bertz CT molecular complexity index is 597. The summed E-state index contributed by atoms with van der Waals surface area (Å²) in [4.78, 5) is 11.8. The van der Waals surface area contributed by atoms with Crippen LogP contribution in [0, 0.1) is 0 Å². The Morgan fingerprint density at radius 2 is 2.00 bits per heavy atom. The summed E-state index contributed by atoms with van der Waals surface area (Å²) in [5.41, 5.74) is 2.84. The first-order valence-corrected chi connectivity index (χ1v) is 5.93. The average Bonchev–Trinajstić information content (AvgIpc) is 2.69. The van der Waals surface area contributed by atoms with Gasteiger partial charge in [0.1, 0.15) is 0 Å². The number of hydrogen-bond acceptors (Lipinski definition) is 2. The van der Waals surface area contributed by atoms with Gasteiger partial charge in [-0.1, -0.05) is 11.6 Å². The number of rotatable bonds is 1. The summed E-state index contributed by atoms with van der Waals surface area (Å²) in [5.74, 6) is 0. The van der Waals surface area contributed by atoms with E-state index in [9.17, 15) is 4.79 Å². The van der Waals surface area contributed by atoms with Gasteiger partial charge in [-0.05, 0) is 37.2 Å². The van der Waals surface area contributed by atoms with E-state index in [1.54, 1.807) is 0 Å². The highest BCUT2D eigenvalue weighted by atomic mass is 35.5. The zero-order valence-corrected chi connectivity index (χ0v) is 9.92. The zero-order chi connectivity index (χ0) is 11.8. The van der Waals surface area contributed by atoms with Crippen molar-refractivity contribution in [2.45, 2.75) is 13.0 Å². The third-order valence-corrected chi connectivity index (χ3v) is 3.29. The van der Waals surface area contributed by atoms with Gasteiger partial charge in [-0.25, -0.2) is 0 Å². The monoisotopic (exact) mass is 249 g/mol. The number of aromatic nitrogens is 2. The fraction of sp³-hybridized carbons (Fsp3) is 0.250. The van der Waals surface area contributed by atoms with Crippen LogP contribution in [0.3, 0.4) is 0 Å². The van der Waals surface area contributed by atoms with Crippen molar-refractivity contribution < 1.29 is 0 Å². The minimum Gasteiger partial charge on any atom is -0.311 e. The van der Waals surface area contributed by atoms with Crippen LogP contribution in [-0.2, 0) is 13.0 Å². The minimum atomic E-state index is 0.0106. The largest absolute Gasteiger partial charge is 0.311 e. The van der Waals surface area contributed by atoms with Crippen LogP contribution >= 0.6 is 11.6 Å². The van der Waals surface area contributed by atoms with Crippen LogP contribution in [0.4, 0.5) is 0 Å². The Morgan fingerprint density at radius 1 is 1.24 bits per heavy atom. The van der Waals surface area contributed by atoms with E-state index in [-0.39, 0.29) is 5.56 Å². The molecule has 0 fully saturated rings. The smallest absolute Gasteiger partial charge is 0.267 e. The van der Waals surface area contributed by atoms with E-state index in [0.717, 1.165) is 36.5 Å². The number of nitrogens with one attached hydrogen (secondary N) is 2. The predicted molar refractivity (Wildman–Crippen MR) is 66.8 cm³/mol. The average molecular weight is 250 g/mol. The molecule has 0 atom stereocenters. The Labute approximate surface area is 103 Å². The SMILES string of the molecule is O=c1[nH]n(-c2ccc(Cl)cc2)c2c1CCNC2. The number of H-pyrrole nitrogens is 1. The molecule has 5 heteroatoms. The van der Waals surface area contributed by atoms with Crippen LogP contribution in [0.2, 0.25) is 5.02 Å². The Morgan fingerprint density at radius 3 is 2.76 bits per heavy atom. The molecule has 1 aromatic heterocycles. The molecule has 2 N–H and O–H groups in total. The van der Waals surface area contributed by atoms with Gasteiger partial charge in [0, 0.05) is 17.1 Å². The number of benzene rings is 1. The van der Waals surface area contributed by atoms with Gasteiger partial charge in [0.2, 0.25) is 0 Å². The van der Waals surface area contributed by atoms with Gasteiger partial charge in [-0.15, -0.1) is 0 Å². The molecule has 0 bridgehead atoms. The van der Waals surface area contributed by atoms with E-state index in [2.05, 4.69) is 10.4 Å². The van der Waals surface area contributed by atoms with Crippen molar-refractivity contribution in [3.05, 3.63) is 50.9 Å². The summed E-state index contributed by atoms with van der Waals surface area (Å²) in [6, 6.07) is 7.43. The van der Waals surface area contributed by atoms with E-state index in [4.69, 9.17) is 11.6 Å². The fourth-order valence-electron chi connectivity index (χ4n) is 2.18. The van der Waals surface area contributed by atoms with Crippen molar-refractivity contribution >= 4 is 11.6 Å². The molecule has 2 aromatic rings. The second-order valence-corrected chi connectivity index (χ2v) is 4.54. The van der Waals surface area contributed by atoms with E-state index < -0.39 is 0 Å². The lowest BCUT2D eigenvalue weighted by atomic mass is 10.1. The first-order chi connectivity index (χ1) is 8.25. The Balaban J connectivity index is 2.15. The van der Waals surface area contributed by atoms with Gasteiger partial charge in [0.25, 0.3) is 5.56 Å². The predicted octanol–water partition coefficient (Wildman–Crippen LogP) is 1.46. The molecule has 2 heterocycles. The minimum absolute atomic E-state index is 0.0106. The molecule has 0 radical (unpaired) electrons. The molecule has 3 rings (SSSR count). The lowest BCUT2D eigenvalue weighted by Crippen LogP contribution is -2.26. The van der Waals surface area contributed by atoms with Crippen molar-refractivity contribution in [1.82, 2.24) is 15.1 Å². The summed E-state index contributed by atoms with van der Waals surface area (Å²) in [5, 5.41) is 6.83. The Kier molecular flexibility index (Phi) is 2.53. The Hall–Kier alpha value is -1.52. The zero-order valence-electron chi connectivity index (χ0n) is 9.16. The molecular formula is C12H12ClN3O. The van der Waals surface area contributed by atoms with Crippen molar-refractivity contribution in [1.29, 1.82) is 0 Å². The molecule has 88 valence electrons. The van der Waals surface area contributed by atoms with E-state index in [1.807, 2.05) is 28.9 Å². The molecule has 1 aromatic carbocycles. The molecule has 4 nitrogen and oxygen atoms in total. The molecule has 0 aliphatic carbocycles. The molecular weight excluding hydrogens is 238 g/mol. The first kappa shape index (κ1) is 10.6. The second kappa shape index (κ2) is 4.05. The molecule has 17 heavy (non-hydrogen) atoms. The molecule has 0 unspecified atom stereocenters. The maximum Gasteiger partial charge on any atom is 0.267 e. The first-order valence-electron chi connectivity index (χ1n) is 5.55. The van der Waals surface area contributed by atoms with Crippen LogP contribution in [0.15, 0.2) is 29.1 Å². The van der Waals surface area contributed by atoms with Gasteiger partial charge in [0.05, 0.1) is 11.4 Å². The molecule has 0 amide bonds. The highest BCUT2D eigenvalue weighted by Gasteiger charge is 2.18. The lowest BCUT2D eigenvalue weighted by molar-refractivity contribution is 0.614. The van der Waals surface area contributed by atoms with Crippen LogP contribution in [-0.4, -0.2) is 16.3 Å².